The van der Waals surface area contributed by atoms with E-state index in [-0.39, 0.29) is 11.9 Å². The first-order chi connectivity index (χ1) is 14.1. The molecule has 0 radical (unpaired) electrons. The van der Waals surface area contributed by atoms with E-state index in [1.165, 1.54) is 11.3 Å². The molecule has 0 saturated carbocycles. The molecule has 0 fully saturated rings. The van der Waals surface area contributed by atoms with E-state index in [2.05, 4.69) is 33.1 Å². The first kappa shape index (κ1) is 19.1. The maximum Gasteiger partial charge on any atom is 0.274 e. The Balaban J connectivity index is 1.55. The van der Waals surface area contributed by atoms with Crippen molar-refractivity contribution >= 4 is 17.4 Å². The van der Waals surface area contributed by atoms with Gasteiger partial charge in [-0.15, -0.1) is 0 Å². The summed E-state index contributed by atoms with van der Waals surface area (Å²) >= 11 is 0. The van der Waals surface area contributed by atoms with E-state index < -0.39 is 0 Å². The van der Waals surface area contributed by atoms with E-state index in [4.69, 9.17) is 0 Å². The lowest BCUT2D eigenvalue weighted by Gasteiger charge is -2.30. The summed E-state index contributed by atoms with van der Waals surface area (Å²) in [4.78, 5) is 26.2. The number of fused-ring (bicyclic) bond motifs is 1. The van der Waals surface area contributed by atoms with Crippen LogP contribution in [0.5, 0.6) is 0 Å². The van der Waals surface area contributed by atoms with Crippen LogP contribution in [-0.4, -0.2) is 33.4 Å². The Morgan fingerprint density at radius 1 is 1.03 bits per heavy atom. The van der Waals surface area contributed by atoms with Gasteiger partial charge in [0.2, 0.25) is 0 Å². The van der Waals surface area contributed by atoms with E-state index in [0.717, 1.165) is 30.8 Å². The molecule has 0 atom stereocenters. The smallest absolute Gasteiger partial charge is 0.274 e. The topological polar surface area (TPSA) is 49.3 Å². The third-order valence-electron chi connectivity index (χ3n) is 5.32. The Labute approximate surface area is 172 Å². The highest BCUT2D eigenvalue weighted by molar-refractivity contribution is 5.92. The van der Waals surface area contributed by atoms with Crippen molar-refractivity contribution in [2.24, 2.45) is 0 Å². The second-order valence-electron chi connectivity index (χ2n) is 7.66. The standard InChI is InChI=1S/C24H26N4O/c1-18(2)28(17-19-9-4-3-5-10-19)24(29)21-15-26-23(16-25-21)27-14-8-12-20-11-6-7-13-22(20)27/h3-7,9-11,13,15-16,18H,8,12,14,17H2,1-2H3. The maximum atomic E-state index is 13.1. The summed E-state index contributed by atoms with van der Waals surface area (Å²) in [7, 11) is 0. The fourth-order valence-electron chi connectivity index (χ4n) is 3.76. The first-order valence-corrected chi connectivity index (χ1v) is 10.2. The summed E-state index contributed by atoms with van der Waals surface area (Å²) in [5, 5.41) is 0. The van der Waals surface area contributed by atoms with Crippen molar-refractivity contribution in [2.75, 3.05) is 11.4 Å². The summed E-state index contributed by atoms with van der Waals surface area (Å²) in [6.07, 6.45) is 5.49. The number of anilines is 2. The third-order valence-corrected chi connectivity index (χ3v) is 5.32. The van der Waals surface area contributed by atoms with Gasteiger partial charge in [0.1, 0.15) is 5.69 Å². The van der Waals surface area contributed by atoms with Gasteiger partial charge in [0.05, 0.1) is 12.4 Å². The second kappa shape index (κ2) is 8.43. The van der Waals surface area contributed by atoms with Gasteiger partial charge in [-0.1, -0.05) is 48.5 Å². The predicted molar refractivity (Wildman–Crippen MR) is 115 cm³/mol. The molecule has 1 aliphatic rings. The minimum Gasteiger partial charge on any atom is -0.331 e. The molecule has 2 heterocycles. The molecular formula is C24H26N4O. The van der Waals surface area contributed by atoms with Crippen molar-refractivity contribution in [3.05, 3.63) is 83.8 Å². The highest BCUT2D eigenvalue weighted by Gasteiger charge is 2.23. The number of carbonyl (C=O) groups excluding carboxylic acids is 1. The lowest BCUT2D eigenvalue weighted by molar-refractivity contribution is 0.0684. The van der Waals surface area contributed by atoms with Crippen LogP contribution in [0.1, 0.15) is 41.9 Å². The van der Waals surface area contributed by atoms with Crippen molar-refractivity contribution in [3.63, 3.8) is 0 Å². The lowest BCUT2D eigenvalue weighted by Crippen LogP contribution is -2.37. The Morgan fingerprint density at radius 3 is 2.52 bits per heavy atom. The fraction of sp³-hybridized carbons (Fsp3) is 0.292. The van der Waals surface area contributed by atoms with Crippen LogP contribution in [0.3, 0.4) is 0 Å². The molecule has 1 aliphatic heterocycles. The molecule has 5 heteroatoms. The first-order valence-electron chi connectivity index (χ1n) is 10.2. The van der Waals surface area contributed by atoms with Crippen LogP contribution in [0.15, 0.2) is 67.0 Å². The van der Waals surface area contributed by atoms with Crippen LogP contribution >= 0.6 is 0 Å². The number of benzene rings is 2. The van der Waals surface area contributed by atoms with Gasteiger partial charge >= 0.3 is 0 Å². The second-order valence-corrected chi connectivity index (χ2v) is 7.66. The van der Waals surface area contributed by atoms with E-state index in [1.807, 2.05) is 55.1 Å². The molecule has 3 aromatic rings. The lowest BCUT2D eigenvalue weighted by atomic mass is 10.0. The van der Waals surface area contributed by atoms with Crippen molar-refractivity contribution in [1.82, 2.24) is 14.9 Å². The molecule has 2 aromatic carbocycles. The van der Waals surface area contributed by atoms with Crippen LogP contribution in [0.2, 0.25) is 0 Å². The van der Waals surface area contributed by atoms with Gasteiger partial charge in [0, 0.05) is 24.8 Å². The van der Waals surface area contributed by atoms with Crippen molar-refractivity contribution in [2.45, 2.75) is 39.3 Å². The molecule has 5 nitrogen and oxygen atoms in total. The number of amides is 1. The van der Waals surface area contributed by atoms with Gasteiger partial charge in [-0.2, -0.15) is 0 Å². The summed E-state index contributed by atoms with van der Waals surface area (Å²) < 4.78 is 0. The molecule has 0 aliphatic carbocycles. The van der Waals surface area contributed by atoms with Crippen molar-refractivity contribution in [3.8, 4) is 0 Å². The van der Waals surface area contributed by atoms with Crippen LogP contribution in [-0.2, 0) is 13.0 Å². The largest absolute Gasteiger partial charge is 0.331 e. The third kappa shape index (κ3) is 4.14. The van der Waals surface area contributed by atoms with Crippen molar-refractivity contribution < 1.29 is 4.79 Å². The monoisotopic (exact) mass is 386 g/mol. The highest BCUT2D eigenvalue weighted by atomic mass is 16.2. The number of nitrogens with zero attached hydrogens (tertiary/aromatic N) is 4. The molecule has 0 bridgehead atoms. The Kier molecular flexibility index (Phi) is 5.56. The number of para-hydroxylation sites is 1. The fourth-order valence-corrected chi connectivity index (χ4v) is 3.76. The maximum absolute atomic E-state index is 13.1. The molecule has 148 valence electrons. The average molecular weight is 386 g/mol. The Bertz CT molecular complexity index is 970. The molecule has 4 rings (SSSR count). The van der Waals surface area contributed by atoms with Gasteiger partial charge in [-0.25, -0.2) is 9.97 Å². The summed E-state index contributed by atoms with van der Waals surface area (Å²) in [5.74, 6) is 0.690. The highest BCUT2D eigenvalue weighted by Crippen LogP contribution is 2.31. The van der Waals surface area contributed by atoms with Gasteiger partial charge in [-0.3, -0.25) is 4.79 Å². The molecular weight excluding hydrogens is 360 g/mol. The van der Waals surface area contributed by atoms with E-state index >= 15 is 0 Å². The van der Waals surface area contributed by atoms with Gasteiger partial charge in [-0.05, 0) is 43.9 Å². The normalized spacial score (nSPS) is 13.3. The van der Waals surface area contributed by atoms with Crippen LogP contribution in [0.25, 0.3) is 0 Å². The minimum atomic E-state index is -0.0954. The summed E-state index contributed by atoms with van der Waals surface area (Å²) in [5.41, 5.74) is 3.99. The number of aromatic nitrogens is 2. The molecule has 0 spiro atoms. The van der Waals surface area contributed by atoms with E-state index in [0.29, 0.717) is 12.2 Å². The average Bonchev–Trinajstić information content (AvgIpc) is 2.77. The number of rotatable bonds is 5. The van der Waals surface area contributed by atoms with Gasteiger partial charge < -0.3 is 9.80 Å². The summed E-state index contributed by atoms with van der Waals surface area (Å²) in [6, 6.07) is 18.5. The van der Waals surface area contributed by atoms with Gasteiger partial charge in [0.25, 0.3) is 5.91 Å². The number of hydrogen-bond donors (Lipinski definition) is 0. The van der Waals surface area contributed by atoms with Crippen LogP contribution < -0.4 is 4.90 Å². The van der Waals surface area contributed by atoms with Crippen molar-refractivity contribution in [1.29, 1.82) is 0 Å². The molecule has 1 aromatic heterocycles. The molecule has 0 unspecified atom stereocenters. The van der Waals surface area contributed by atoms with E-state index in [9.17, 15) is 4.79 Å². The zero-order valence-electron chi connectivity index (χ0n) is 17.0. The van der Waals surface area contributed by atoms with E-state index in [1.54, 1.807) is 12.4 Å². The van der Waals surface area contributed by atoms with Crippen LogP contribution in [0, 0.1) is 0 Å². The SMILES string of the molecule is CC(C)N(Cc1ccccc1)C(=O)c1cnc(N2CCCc3ccccc32)cn1. The molecule has 0 saturated heterocycles. The Hall–Kier alpha value is -3.21. The zero-order valence-corrected chi connectivity index (χ0v) is 17.0. The number of hydrogen-bond acceptors (Lipinski definition) is 4. The quantitative estimate of drug-likeness (QED) is 0.642. The number of aryl methyl sites for hydroxylation is 1. The predicted octanol–water partition coefficient (Wildman–Crippen LogP) is 4.61. The molecule has 1 amide bonds. The Morgan fingerprint density at radius 2 is 1.79 bits per heavy atom. The molecule has 0 N–H and O–H groups in total. The minimum absolute atomic E-state index is 0.0677. The molecule has 29 heavy (non-hydrogen) atoms. The van der Waals surface area contributed by atoms with Crippen LogP contribution in [0.4, 0.5) is 11.5 Å². The van der Waals surface area contributed by atoms with Gasteiger partial charge in [0.15, 0.2) is 5.82 Å². The zero-order chi connectivity index (χ0) is 20.2. The number of carbonyl (C=O) groups is 1. The summed E-state index contributed by atoms with van der Waals surface area (Å²) in [6.45, 7) is 5.51.